The number of carbonyl (C=O) groups is 1. The molecular formula is C7H13NO2. The molecule has 0 aliphatic carbocycles. The van der Waals surface area contributed by atoms with Gasteiger partial charge in [-0.25, -0.2) is 0 Å². The summed E-state index contributed by atoms with van der Waals surface area (Å²) in [5.41, 5.74) is 0. The van der Waals surface area contributed by atoms with Crippen LogP contribution in [-0.2, 0) is 9.53 Å². The maximum absolute atomic E-state index is 11.0. The van der Waals surface area contributed by atoms with Crippen LogP contribution in [0.15, 0.2) is 0 Å². The van der Waals surface area contributed by atoms with Crippen LogP contribution in [0.5, 0.6) is 0 Å². The third kappa shape index (κ3) is 1.29. The number of amides is 1. The van der Waals surface area contributed by atoms with Gasteiger partial charge in [0.05, 0.1) is 0 Å². The molecule has 1 atom stereocenters. The van der Waals surface area contributed by atoms with Crippen LogP contribution in [0.25, 0.3) is 0 Å². The smallest absolute Gasteiger partial charge is 0.224 e. The number of hydrogen-bond acceptors (Lipinski definition) is 2. The van der Waals surface area contributed by atoms with Crippen molar-refractivity contribution in [3.05, 3.63) is 0 Å². The SMILES string of the molecule is COCN1C(=O)CCC1C. The number of ether oxygens (including phenoxy) is 1. The van der Waals surface area contributed by atoms with E-state index in [1.807, 2.05) is 6.92 Å². The number of carbonyl (C=O) groups excluding carboxylic acids is 1. The summed E-state index contributed by atoms with van der Waals surface area (Å²) in [7, 11) is 1.61. The van der Waals surface area contributed by atoms with Crippen molar-refractivity contribution in [2.75, 3.05) is 13.8 Å². The van der Waals surface area contributed by atoms with Crippen LogP contribution < -0.4 is 0 Å². The van der Waals surface area contributed by atoms with Crippen molar-refractivity contribution in [2.45, 2.75) is 25.8 Å². The van der Waals surface area contributed by atoms with Gasteiger partial charge in [0.25, 0.3) is 0 Å². The fourth-order valence-corrected chi connectivity index (χ4v) is 1.22. The quantitative estimate of drug-likeness (QED) is 0.566. The van der Waals surface area contributed by atoms with E-state index >= 15 is 0 Å². The number of nitrogens with zero attached hydrogens (tertiary/aromatic N) is 1. The molecule has 58 valence electrons. The van der Waals surface area contributed by atoms with E-state index in [2.05, 4.69) is 0 Å². The summed E-state index contributed by atoms with van der Waals surface area (Å²) in [6.07, 6.45) is 1.66. The summed E-state index contributed by atoms with van der Waals surface area (Å²) >= 11 is 0. The highest BCUT2D eigenvalue weighted by molar-refractivity contribution is 5.78. The first-order valence-electron chi connectivity index (χ1n) is 3.54. The second-order valence-electron chi connectivity index (χ2n) is 2.67. The average Bonchev–Trinajstić information content (AvgIpc) is 2.20. The van der Waals surface area contributed by atoms with Gasteiger partial charge in [-0.2, -0.15) is 0 Å². The first-order chi connectivity index (χ1) is 4.75. The van der Waals surface area contributed by atoms with Gasteiger partial charge in [0.15, 0.2) is 0 Å². The van der Waals surface area contributed by atoms with Crippen molar-refractivity contribution >= 4 is 5.91 Å². The van der Waals surface area contributed by atoms with E-state index in [0.717, 1.165) is 6.42 Å². The van der Waals surface area contributed by atoms with E-state index in [0.29, 0.717) is 19.2 Å². The minimum atomic E-state index is 0.217. The van der Waals surface area contributed by atoms with Gasteiger partial charge in [-0.15, -0.1) is 0 Å². The predicted molar refractivity (Wildman–Crippen MR) is 37.4 cm³/mol. The molecule has 1 aliphatic heterocycles. The van der Waals surface area contributed by atoms with Crippen molar-refractivity contribution in [1.82, 2.24) is 4.90 Å². The molecule has 0 spiro atoms. The first-order valence-corrected chi connectivity index (χ1v) is 3.54. The van der Waals surface area contributed by atoms with Gasteiger partial charge in [-0.05, 0) is 13.3 Å². The zero-order valence-electron chi connectivity index (χ0n) is 6.46. The second-order valence-corrected chi connectivity index (χ2v) is 2.67. The molecule has 0 saturated carbocycles. The summed E-state index contributed by atoms with van der Waals surface area (Å²) in [5.74, 6) is 0.217. The molecule has 0 aromatic heterocycles. The maximum atomic E-state index is 11.0. The maximum Gasteiger partial charge on any atom is 0.224 e. The van der Waals surface area contributed by atoms with Crippen molar-refractivity contribution in [3.8, 4) is 0 Å². The van der Waals surface area contributed by atoms with Gasteiger partial charge in [0.2, 0.25) is 5.91 Å². The predicted octanol–water partition coefficient (Wildman–Crippen LogP) is 0.601. The van der Waals surface area contributed by atoms with Crippen molar-refractivity contribution in [2.24, 2.45) is 0 Å². The lowest BCUT2D eigenvalue weighted by molar-refractivity contribution is -0.133. The number of likely N-dealkylation sites (tertiary alicyclic amines) is 1. The third-order valence-electron chi connectivity index (χ3n) is 1.90. The van der Waals surface area contributed by atoms with Gasteiger partial charge >= 0.3 is 0 Å². The summed E-state index contributed by atoms with van der Waals surface area (Å²) in [5, 5.41) is 0. The normalized spacial score (nSPS) is 26.0. The summed E-state index contributed by atoms with van der Waals surface area (Å²) < 4.78 is 4.87. The van der Waals surface area contributed by atoms with Crippen LogP contribution in [0.3, 0.4) is 0 Å². The molecular weight excluding hydrogens is 130 g/mol. The summed E-state index contributed by atoms with van der Waals surface area (Å²) in [6.45, 7) is 2.49. The number of rotatable bonds is 2. The van der Waals surface area contributed by atoms with Crippen LogP contribution in [0.4, 0.5) is 0 Å². The Balaban J connectivity index is 2.46. The Morgan fingerprint density at radius 3 is 2.90 bits per heavy atom. The molecule has 0 N–H and O–H groups in total. The Morgan fingerprint density at radius 2 is 2.50 bits per heavy atom. The Hall–Kier alpha value is -0.570. The van der Waals surface area contributed by atoms with Crippen molar-refractivity contribution in [1.29, 1.82) is 0 Å². The molecule has 1 amide bonds. The van der Waals surface area contributed by atoms with Crippen LogP contribution in [0.2, 0.25) is 0 Å². The molecule has 1 saturated heterocycles. The van der Waals surface area contributed by atoms with E-state index in [4.69, 9.17) is 4.74 Å². The molecule has 1 heterocycles. The zero-order valence-corrected chi connectivity index (χ0v) is 6.46. The lowest BCUT2D eigenvalue weighted by Gasteiger charge is -2.19. The van der Waals surface area contributed by atoms with Crippen LogP contribution in [0.1, 0.15) is 19.8 Å². The third-order valence-corrected chi connectivity index (χ3v) is 1.90. The van der Waals surface area contributed by atoms with E-state index < -0.39 is 0 Å². The van der Waals surface area contributed by atoms with Crippen molar-refractivity contribution < 1.29 is 9.53 Å². The van der Waals surface area contributed by atoms with Gasteiger partial charge in [-0.3, -0.25) is 4.79 Å². The van der Waals surface area contributed by atoms with Crippen molar-refractivity contribution in [3.63, 3.8) is 0 Å². The largest absolute Gasteiger partial charge is 0.364 e. The van der Waals surface area contributed by atoms with Crippen LogP contribution in [-0.4, -0.2) is 30.7 Å². The highest BCUT2D eigenvalue weighted by Gasteiger charge is 2.26. The molecule has 0 bridgehead atoms. The molecule has 3 nitrogen and oxygen atoms in total. The minimum Gasteiger partial charge on any atom is -0.364 e. The summed E-state index contributed by atoms with van der Waals surface area (Å²) in [4.78, 5) is 12.8. The molecule has 10 heavy (non-hydrogen) atoms. The molecule has 1 rings (SSSR count). The molecule has 0 aromatic carbocycles. The molecule has 0 radical (unpaired) electrons. The van der Waals surface area contributed by atoms with E-state index in [9.17, 15) is 4.79 Å². The topological polar surface area (TPSA) is 29.5 Å². The molecule has 3 heteroatoms. The minimum absolute atomic E-state index is 0.217. The van der Waals surface area contributed by atoms with Gasteiger partial charge in [0, 0.05) is 19.6 Å². The van der Waals surface area contributed by atoms with E-state index in [1.54, 1.807) is 12.0 Å². The average molecular weight is 143 g/mol. The first kappa shape index (κ1) is 7.54. The molecule has 1 unspecified atom stereocenters. The lowest BCUT2D eigenvalue weighted by Crippen LogP contribution is -2.32. The Kier molecular flexibility index (Phi) is 2.27. The highest BCUT2D eigenvalue weighted by Crippen LogP contribution is 2.16. The van der Waals surface area contributed by atoms with E-state index in [1.165, 1.54) is 0 Å². The standard InChI is InChI=1S/C7H13NO2/c1-6-3-4-7(9)8(6)5-10-2/h6H,3-5H2,1-2H3. The Labute approximate surface area is 61.0 Å². The number of methoxy groups -OCH3 is 1. The van der Waals surface area contributed by atoms with Gasteiger partial charge in [-0.1, -0.05) is 0 Å². The molecule has 0 aromatic rings. The Morgan fingerprint density at radius 1 is 1.80 bits per heavy atom. The van der Waals surface area contributed by atoms with Crippen LogP contribution in [0, 0.1) is 0 Å². The summed E-state index contributed by atoms with van der Waals surface area (Å²) in [6, 6.07) is 0.368. The van der Waals surface area contributed by atoms with E-state index in [-0.39, 0.29) is 5.91 Å². The van der Waals surface area contributed by atoms with Gasteiger partial charge < -0.3 is 9.64 Å². The Bertz CT molecular complexity index is 136. The second kappa shape index (κ2) is 3.01. The zero-order chi connectivity index (χ0) is 7.56. The fraction of sp³-hybridized carbons (Fsp3) is 0.857. The number of hydrogen-bond donors (Lipinski definition) is 0. The highest BCUT2D eigenvalue weighted by atomic mass is 16.5. The molecule has 1 fully saturated rings. The monoisotopic (exact) mass is 143 g/mol. The van der Waals surface area contributed by atoms with Crippen LogP contribution >= 0.6 is 0 Å². The lowest BCUT2D eigenvalue weighted by atomic mass is 10.2. The fourth-order valence-electron chi connectivity index (χ4n) is 1.22. The molecule has 1 aliphatic rings. The van der Waals surface area contributed by atoms with Gasteiger partial charge in [0.1, 0.15) is 6.73 Å².